The lowest BCUT2D eigenvalue weighted by Gasteiger charge is -2.29. The molecule has 0 saturated heterocycles. The fourth-order valence-electron chi connectivity index (χ4n) is 2.78. The highest BCUT2D eigenvalue weighted by Crippen LogP contribution is 2.33. The van der Waals surface area contributed by atoms with Crippen LogP contribution in [0.2, 0.25) is 5.02 Å². The Hall–Kier alpha value is -3.06. The molecule has 152 valence electrons. The second kappa shape index (κ2) is 9.43. The number of nitrogens with one attached hydrogen (secondary N) is 1. The predicted octanol–water partition coefficient (Wildman–Crippen LogP) is 2.85. The predicted molar refractivity (Wildman–Crippen MR) is 109 cm³/mol. The van der Waals surface area contributed by atoms with Crippen LogP contribution in [0.25, 0.3) is 0 Å². The van der Waals surface area contributed by atoms with Crippen molar-refractivity contribution in [2.24, 2.45) is 0 Å². The summed E-state index contributed by atoms with van der Waals surface area (Å²) in [5, 5.41) is 3.32. The van der Waals surface area contributed by atoms with Crippen LogP contribution in [0, 0.1) is 0 Å². The maximum atomic E-state index is 12.5. The Kier molecular flexibility index (Phi) is 6.72. The van der Waals surface area contributed by atoms with E-state index in [1.54, 1.807) is 42.5 Å². The van der Waals surface area contributed by atoms with E-state index in [1.807, 2.05) is 6.92 Å². The van der Waals surface area contributed by atoms with Crippen molar-refractivity contribution < 1.29 is 23.9 Å². The fraction of sp³-hybridized carbons (Fsp3) is 0.286. The molecule has 0 saturated carbocycles. The van der Waals surface area contributed by atoms with Crippen molar-refractivity contribution in [1.82, 2.24) is 5.32 Å². The first-order valence-corrected chi connectivity index (χ1v) is 9.61. The Balaban J connectivity index is 1.73. The van der Waals surface area contributed by atoms with E-state index in [2.05, 4.69) is 5.32 Å². The molecular formula is C21H21ClN2O5. The number of carbonyl (C=O) groups excluding carboxylic acids is 3. The Bertz CT molecular complexity index is 914. The third-order valence-electron chi connectivity index (χ3n) is 4.28. The first kappa shape index (κ1) is 20.7. The average molecular weight is 417 g/mol. The molecule has 0 aliphatic carbocycles. The number of anilines is 1. The van der Waals surface area contributed by atoms with Gasteiger partial charge in [-0.15, -0.1) is 0 Å². The zero-order valence-corrected chi connectivity index (χ0v) is 16.7. The summed E-state index contributed by atoms with van der Waals surface area (Å²) >= 11 is 5.83. The van der Waals surface area contributed by atoms with Gasteiger partial charge in [-0.25, -0.2) is 0 Å². The number of ketones is 1. The largest absolute Gasteiger partial charge is 0.485 e. The number of rotatable bonds is 8. The lowest BCUT2D eigenvalue weighted by atomic mass is 10.1. The molecule has 0 fully saturated rings. The van der Waals surface area contributed by atoms with Crippen LogP contribution in [0.15, 0.2) is 42.5 Å². The van der Waals surface area contributed by atoms with Crippen LogP contribution in [-0.4, -0.2) is 43.9 Å². The van der Waals surface area contributed by atoms with Crippen molar-refractivity contribution in [1.29, 1.82) is 0 Å². The van der Waals surface area contributed by atoms with Crippen LogP contribution in [-0.2, 0) is 9.59 Å². The van der Waals surface area contributed by atoms with E-state index in [1.165, 1.54) is 4.90 Å². The van der Waals surface area contributed by atoms with Crippen molar-refractivity contribution in [3.8, 4) is 11.5 Å². The summed E-state index contributed by atoms with van der Waals surface area (Å²) < 4.78 is 10.9. The van der Waals surface area contributed by atoms with Crippen molar-refractivity contribution >= 4 is 34.9 Å². The molecule has 0 unspecified atom stereocenters. The normalized spacial score (nSPS) is 12.8. The summed E-state index contributed by atoms with van der Waals surface area (Å²) in [7, 11) is 0. The smallest absolute Gasteiger partial charge is 0.265 e. The van der Waals surface area contributed by atoms with E-state index in [9.17, 15) is 14.4 Å². The number of amides is 2. The van der Waals surface area contributed by atoms with Gasteiger partial charge in [0.2, 0.25) is 5.91 Å². The molecule has 2 amide bonds. The monoisotopic (exact) mass is 416 g/mol. The number of ether oxygens (including phenoxy) is 2. The van der Waals surface area contributed by atoms with Crippen LogP contribution in [0.5, 0.6) is 11.5 Å². The summed E-state index contributed by atoms with van der Waals surface area (Å²) in [4.78, 5) is 38.3. The zero-order valence-electron chi connectivity index (χ0n) is 15.9. The summed E-state index contributed by atoms with van der Waals surface area (Å²) in [6.45, 7) is 2.02. The molecular weight excluding hydrogens is 396 g/mol. The topological polar surface area (TPSA) is 84.9 Å². The molecule has 0 spiro atoms. The number of hydrogen-bond donors (Lipinski definition) is 1. The molecule has 0 radical (unpaired) electrons. The van der Waals surface area contributed by atoms with Crippen molar-refractivity contribution in [2.45, 2.75) is 13.3 Å². The minimum absolute atomic E-state index is 0.131. The minimum atomic E-state index is -0.342. The van der Waals surface area contributed by atoms with E-state index in [-0.39, 0.29) is 37.4 Å². The van der Waals surface area contributed by atoms with Crippen LogP contribution < -0.4 is 19.7 Å². The third-order valence-corrected chi connectivity index (χ3v) is 4.53. The number of carbonyl (C=O) groups is 3. The lowest BCUT2D eigenvalue weighted by molar-refractivity contribution is -0.125. The Labute approximate surface area is 173 Å². The van der Waals surface area contributed by atoms with Gasteiger partial charge in [0.15, 0.2) is 19.0 Å². The average Bonchev–Trinajstić information content (AvgIpc) is 2.73. The second-order valence-corrected chi connectivity index (χ2v) is 6.90. The standard InChI is InChI=1S/C21H21ClN2O5/c1-2-9-23-20(26)11-24-17-10-14(3-8-19(17)29-13-21(24)27)18(25)12-28-16-6-4-15(22)5-7-16/h3-8,10H,2,9,11-13H2,1H3,(H,23,26). The maximum Gasteiger partial charge on any atom is 0.265 e. The van der Waals surface area contributed by atoms with Crippen molar-refractivity contribution in [3.05, 3.63) is 53.1 Å². The molecule has 3 rings (SSSR count). The van der Waals surface area contributed by atoms with Gasteiger partial charge in [0.25, 0.3) is 5.91 Å². The summed E-state index contributed by atoms with van der Waals surface area (Å²) in [6, 6.07) is 11.5. The highest BCUT2D eigenvalue weighted by molar-refractivity contribution is 6.30. The minimum Gasteiger partial charge on any atom is -0.485 e. The van der Waals surface area contributed by atoms with Crippen LogP contribution in [0.3, 0.4) is 0 Å². The van der Waals surface area contributed by atoms with Crippen LogP contribution in [0.1, 0.15) is 23.7 Å². The molecule has 0 atom stereocenters. The van der Waals surface area contributed by atoms with Gasteiger partial charge < -0.3 is 14.8 Å². The molecule has 0 aromatic heterocycles. The number of halogens is 1. The van der Waals surface area contributed by atoms with E-state index in [0.717, 1.165) is 6.42 Å². The molecule has 1 aliphatic rings. The van der Waals surface area contributed by atoms with Crippen molar-refractivity contribution in [2.75, 3.05) is 31.2 Å². The number of benzene rings is 2. The molecule has 1 aliphatic heterocycles. The first-order chi connectivity index (χ1) is 14.0. The molecule has 29 heavy (non-hydrogen) atoms. The molecule has 1 N–H and O–H groups in total. The van der Waals surface area contributed by atoms with E-state index in [0.29, 0.717) is 34.3 Å². The molecule has 0 bridgehead atoms. The van der Waals surface area contributed by atoms with E-state index in [4.69, 9.17) is 21.1 Å². The van der Waals surface area contributed by atoms with Gasteiger partial charge in [0, 0.05) is 17.1 Å². The van der Waals surface area contributed by atoms with Gasteiger partial charge in [-0.3, -0.25) is 19.3 Å². The maximum absolute atomic E-state index is 12.5. The number of fused-ring (bicyclic) bond motifs is 1. The van der Waals surface area contributed by atoms with Crippen molar-refractivity contribution in [3.63, 3.8) is 0 Å². The highest BCUT2D eigenvalue weighted by Gasteiger charge is 2.28. The van der Waals surface area contributed by atoms with Gasteiger partial charge >= 0.3 is 0 Å². The van der Waals surface area contributed by atoms with E-state index >= 15 is 0 Å². The zero-order chi connectivity index (χ0) is 20.8. The first-order valence-electron chi connectivity index (χ1n) is 9.23. The van der Waals surface area contributed by atoms with Gasteiger partial charge in [0.05, 0.1) is 5.69 Å². The molecule has 2 aromatic carbocycles. The van der Waals surface area contributed by atoms with Crippen LogP contribution in [0.4, 0.5) is 5.69 Å². The van der Waals surface area contributed by atoms with E-state index < -0.39 is 0 Å². The summed E-state index contributed by atoms with van der Waals surface area (Å²) in [5.41, 5.74) is 0.750. The molecule has 8 heteroatoms. The number of nitrogens with zero attached hydrogens (tertiary/aromatic N) is 1. The number of Topliss-reactive ketones (excluding diaryl/α,β-unsaturated/α-hetero) is 1. The van der Waals surface area contributed by atoms with Gasteiger partial charge in [0.1, 0.15) is 18.0 Å². The van der Waals surface area contributed by atoms with Gasteiger partial charge in [-0.05, 0) is 48.9 Å². The highest BCUT2D eigenvalue weighted by atomic mass is 35.5. The molecule has 7 nitrogen and oxygen atoms in total. The Morgan fingerprint density at radius 2 is 1.97 bits per heavy atom. The second-order valence-electron chi connectivity index (χ2n) is 6.47. The van der Waals surface area contributed by atoms with Crippen LogP contribution >= 0.6 is 11.6 Å². The lowest BCUT2D eigenvalue weighted by Crippen LogP contribution is -2.45. The Morgan fingerprint density at radius 3 is 2.69 bits per heavy atom. The SMILES string of the molecule is CCCNC(=O)CN1C(=O)COc2ccc(C(=O)COc3ccc(Cl)cc3)cc21. The summed E-state index contributed by atoms with van der Waals surface area (Å²) in [5.74, 6) is 0.0923. The van der Waals surface area contributed by atoms with Gasteiger partial charge in [-0.1, -0.05) is 18.5 Å². The summed E-state index contributed by atoms with van der Waals surface area (Å²) in [6.07, 6.45) is 0.797. The molecule has 1 heterocycles. The Morgan fingerprint density at radius 1 is 1.21 bits per heavy atom. The number of hydrogen-bond acceptors (Lipinski definition) is 5. The fourth-order valence-corrected chi connectivity index (χ4v) is 2.90. The third kappa shape index (κ3) is 5.26. The molecule has 2 aromatic rings. The van der Waals surface area contributed by atoms with Gasteiger partial charge in [-0.2, -0.15) is 0 Å². The quantitative estimate of drug-likeness (QED) is 0.669.